The van der Waals surface area contributed by atoms with Crippen molar-refractivity contribution in [3.8, 4) is 0 Å². The Morgan fingerprint density at radius 1 is 0.926 bits per heavy atom. The standard InChI is InChI=1S/C22H26O5/c1-14(23)17-19(20-21(25-17)27-22(2,3)26-20)24-18(15-10-6-4-7-11-15)16-12-8-5-9-13-16/h4-14,17-21,23H,1-3H3/t14-,17-,19+,20-,21-/m1/s1. The van der Waals surface area contributed by atoms with Crippen LogP contribution in [0.25, 0.3) is 0 Å². The van der Waals surface area contributed by atoms with Crippen molar-refractivity contribution in [1.82, 2.24) is 0 Å². The molecule has 0 bridgehead atoms. The quantitative estimate of drug-likeness (QED) is 0.874. The Morgan fingerprint density at radius 2 is 1.48 bits per heavy atom. The molecule has 2 aromatic rings. The van der Waals surface area contributed by atoms with Gasteiger partial charge in [0.15, 0.2) is 12.1 Å². The van der Waals surface area contributed by atoms with Crippen molar-refractivity contribution in [2.24, 2.45) is 0 Å². The molecule has 2 aliphatic heterocycles. The first kappa shape index (κ1) is 18.6. The zero-order chi connectivity index (χ0) is 19.0. The van der Waals surface area contributed by atoms with Crippen LogP contribution in [0.1, 0.15) is 38.0 Å². The molecule has 5 heteroatoms. The second-order valence-corrected chi connectivity index (χ2v) is 7.61. The Kier molecular flexibility index (Phi) is 5.05. The van der Waals surface area contributed by atoms with E-state index in [9.17, 15) is 5.11 Å². The third-order valence-electron chi connectivity index (χ3n) is 5.00. The molecule has 0 aliphatic carbocycles. The fraction of sp³-hybridized carbons (Fsp3) is 0.455. The molecule has 0 amide bonds. The van der Waals surface area contributed by atoms with Gasteiger partial charge in [0, 0.05) is 0 Å². The SMILES string of the molecule is C[C@@H](O)[C@H]1O[C@@H]2OC(C)(C)O[C@@H]2[C@H]1OC(c1ccccc1)c1ccccc1. The van der Waals surface area contributed by atoms with Gasteiger partial charge in [0.05, 0.1) is 6.10 Å². The van der Waals surface area contributed by atoms with E-state index in [-0.39, 0.29) is 6.10 Å². The lowest BCUT2D eigenvalue weighted by atomic mass is 9.99. The third kappa shape index (κ3) is 3.79. The molecule has 27 heavy (non-hydrogen) atoms. The summed E-state index contributed by atoms with van der Waals surface area (Å²) < 4.78 is 24.4. The number of fused-ring (bicyclic) bond motifs is 1. The predicted octanol–water partition coefficient (Wildman–Crippen LogP) is 3.42. The lowest BCUT2D eigenvalue weighted by Crippen LogP contribution is -2.42. The predicted molar refractivity (Wildman–Crippen MR) is 100.0 cm³/mol. The largest absolute Gasteiger partial charge is 0.391 e. The molecular weight excluding hydrogens is 344 g/mol. The fourth-order valence-corrected chi connectivity index (χ4v) is 3.81. The van der Waals surface area contributed by atoms with E-state index in [1.54, 1.807) is 6.92 Å². The number of hydrogen-bond donors (Lipinski definition) is 1. The molecule has 2 aliphatic rings. The monoisotopic (exact) mass is 370 g/mol. The smallest absolute Gasteiger partial charge is 0.190 e. The van der Waals surface area contributed by atoms with Crippen molar-refractivity contribution in [3.63, 3.8) is 0 Å². The average Bonchev–Trinajstić information content (AvgIpc) is 3.13. The van der Waals surface area contributed by atoms with E-state index >= 15 is 0 Å². The molecule has 1 N–H and O–H groups in total. The van der Waals surface area contributed by atoms with E-state index in [1.807, 2.05) is 74.5 Å². The second-order valence-electron chi connectivity index (χ2n) is 7.61. The molecule has 2 heterocycles. The Morgan fingerprint density at radius 3 is 2.00 bits per heavy atom. The van der Waals surface area contributed by atoms with Gasteiger partial charge in [-0.2, -0.15) is 0 Å². The Bertz CT molecular complexity index is 706. The summed E-state index contributed by atoms with van der Waals surface area (Å²) in [5, 5.41) is 10.2. The van der Waals surface area contributed by atoms with E-state index in [2.05, 4.69) is 0 Å². The number of benzene rings is 2. The van der Waals surface area contributed by atoms with E-state index in [0.717, 1.165) is 11.1 Å². The van der Waals surface area contributed by atoms with E-state index in [4.69, 9.17) is 18.9 Å². The van der Waals surface area contributed by atoms with E-state index in [1.165, 1.54) is 0 Å². The highest BCUT2D eigenvalue weighted by molar-refractivity contribution is 5.30. The van der Waals surface area contributed by atoms with Crippen LogP contribution in [-0.2, 0) is 18.9 Å². The molecular formula is C22H26O5. The van der Waals surface area contributed by atoms with Crippen LogP contribution >= 0.6 is 0 Å². The zero-order valence-electron chi connectivity index (χ0n) is 15.8. The van der Waals surface area contributed by atoms with Crippen LogP contribution in [0.4, 0.5) is 0 Å². The summed E-state index contributed by atoms with van der Waals surface area (Å²) in [5.41, 5.74) is 2.07. The summed E-state index contributed by atoms with van der Waals surface area (Å²) in [4.78, 5) is 0. The molecule has 5 atom stereocenters. The fourth-order valence-electron chi connectivity index (χ4n) is 3.81. The van der Waals surface area contributed by atoms with Crippen LogP contribution in [-0.4, -0.2) is 41.6 Å². The lowest BCUT2D eigenvalue weighted by Gasteiger charge is -2.31. The van der Waals surface area contributed by atoms with Crippen molar-refractivity contribution in [3.05, 3.63) is 71.8 Å². The van der Waals surface area contributed by atoms with Gasteiger partial charge in [-0.15, -0.1) is 0 Å². The first-order valence-electron chi connectivity index (χ1n) is 9.39. The van der Waals surface area contributed by atoms with Crippen molar-refractivity contribution < 1.29 is 24.1 Å². The van der Waals surface area contributed by atoms with E-state index < -0.39 is 36.5 Å². The number of aliphatic hydroxyl groups excluding tert-OH is 1. The Labute approximate surface area is 159 Å². The molecule has 5 nitrogen and oxygen atoms in total. The second kappa shape index (κ2) is 7.34. The van der Waals surface area contributed by atoms with Crippen LogP contribution in [0, 0.1) is 0 Å². The summed E-state index contributed by atoms with van der Waals surface area (Å²) in [5.74, 6) is -0.740. The minimum Gasteiger partial charge on any atom is -0.391 e. The normalized spacial score (nSPS) is 30.4. The summed E-state index contributed by atoms with van der Waals surface area (Å²) in [6.45, 7) is 5.41. The highest BCUT2D eigenvalue weighted by Gasteiger charge is 2.57. The lowest BCUT2D eigenvalue weighted by molar-refractivity contribution is -0.231. The summed E-state index contributed by atoms with van der Waals surface area (Å²) in [6.07, 6.45) is -2.92. The van der Waals surface area contributed by atoms with Crippen LogP contribution in [0.5, 0.6) is 0 Å². The first-order valence-corrected chi connectivity index (χ1v) is 9.39. The molecule has 0 saturated carbocycles. The molecule has 2 aromatic carbocycles. The van der Waals surface area contributed by atoms with Gasteiger partial charge in [0.2, 0.25) is 0 Å². The maximum atomic E-state index is 10.2. The Hall–Kier alpha value is -1.76. The summed E-state index contributed by atoms with van der Waals surface area (Å²) in [7, 11) is 0. The third-order valence-corrected chi connectivity index (χ3v) is 5.00. The summed E-state index contributed by atoms with van der Waals surface area (Å²) in [6, 6.07) is 20.1. The van der Waals surface area contributed by atoms with Gasteiger partial charge in [-0.1, -0.05) is 60.7 Å². The van der Waals surface area contributed by atoms with Crippen molar-refractivity contribution in [2.45, 2.75) is 63.4 Å². The minimum absolute atomic E-state index is 0.298. The molecule has 2 fully saturated rings. The van der Waals surface area contributed by atoms with Crippen LogP contribution in [0.15, 0.2) is 60.7 Å². The zero-order valence-corrected chi connectivity index (χ0v) is 15.8. The van der Waals surface area contributed by atoms with Crippen molar-refractivity contribution in [2.75, 3.05) is 0 Å². The van der Waals surface area contributed by atoms with Gasteiger partial charge < -0.3 is 24.1 Å². The Balaban J connectivity index is 1.66. The molecule has 2 saturated heterocycles. The average molecular weight is 370 g/mol. The maximum Gasteiger partial charge on any atom is 0.190 e. The topological polar surface area (TPSA) is 57.2 Å². The number of ether oxygens (including phenoxy) is 4. The van der Waals surface area contributed by atoms with Crippen LogP contribution in [0.3, 0.4) is 0 Å². The van der Waals surface area contributed by atoms with Gasteiger partial charge in [0.1, 0.15) is 24.4 Å². The minimum atomic E-state index is -0.740. The highest BCUT2D eigenvalue weighted by Crippen LogP contribution is 2.42. The highest BCUT2D eigenvalue weighted by atomic mass is 16.8. The summed E-state index contributed by atoms with van der Waals surface area (Å²) >= 11 is 0. The van der Waals surface area contributed by atoms with Gasteiger partial charge in [-0.3, -0.25) is 0 Å². The molecule has 0 radical (unpaired) electrons. The maximum absolute atomic E-state index is 10.2. The van der Waals surface area contributed by atoms with Crippen molar-refractivity contribution >= 4 is 0 Å². The first-order chi connectivity index (χ1) is 12.9. The molecule has 0 spiro atoms. The number of aliphatic hydroxyl groups is 1. The van der Waals surface area contributed by atoms with Gasteiger partial charge in [-0.25, -0.2) is 0 Å². The molecule has 0 unspecified atom stereocenters. The van der Waals surface area contributed by atoms with Crippen LogP contribution < -0.4 is 0 Å². The molecule has 144 valence electrons. The van der Waals surface area contributed by atoms with Gasteiger partial charge in [0.25, 0.3) is 0 Å². The number of rotatable bonds is 5. The number of hydrogen-bond acceptors (Lipinski definition) is 5. The van der Waals surface area contributed by atoms with Crippen LogP contribution in [0.2, 0.25) is 0 Å². The van der Waals surface area contributed by atoms with E-state index in [0.29, 0.717) is 0 Å². The van der Waals surface area contributed by atoms with Gasteiger partial charge >= 0.3 is 0 Å². The van der Waals surface area contributed by atoms with Gasteiger partial charge in [-0.05, 0) is 31.9 Å². The van der Waals surface area contributed by atoms with Crippen molar-refractivity contribution in [1.29, 1.82) is 0 Å². The molecule has 4 rings (SSSR count). The molecule has 0 aromatic heterocycles.